The number of halogens is 3. The van der Waals surface area contributed by atoms with Crippen molar-refractivity contribution in [3.63, 3.8) is 0 Å². The molecule has 0 spiro atoms. The molecule has 0 unspecified atom stereocenters. The molecule has 11 heteroatoms. The zero-order valence-electron chi connectivity index (χ0n) is 11.7. The van der Waals surface area contributed by atoms with Crippen LogP contribution in [0.15, 0.2) is 24.5 Å². The fourth-order valence-electron chi connectivity index (χ4n) is 1.94. The van der Waals surface area contributed by atoms with Crippen LogP contribution in [0.4, 0.5) is 13.2 Å². The van der Waals surface area contributed by atoms with Crippen molar-refractivity contribution in [1.82, 2.24) is 34.7 Å². The van der Waals surface area contributed by atoms with Gasteiger partial charge in [0.2, 0.25) is 0 Å². The minimum atomic E-state index is -4.57. The van der Waals surface area contributed by atoms with E-state index in [9.17, 15) is 18.0 Å². The molecule has 8 nitrogen and oxygen atoms in total. The van der Waals surface area contributed by atoms with Crippen LogP contribution in [0.1, 0.15) is 22.0 Å². The maximum absolute atomic E-state index is 12.7. The van der Waals surface area contributed by atoms with Crippen molar-refractivity contribution in [2.45, 2.75) is 12.7 Å². The number of rotatable bonds is 3. The SMILES string of the molecule is Cn1nc(C(=O)NCc2nc3ncccn3n2)cc1C(F)(F)F. The molecule has 1 N–H and O–H groups in total. The molecule has 1 amide bonds. The first-order valence-corrected chi connectivity index (χ1v) is 6.40. The number of alkyl halides is 3. The smallest absolute Gasteiger partial charge is 0.343 e. The Labute approximate surface area is 127 Å². The normalized spacial score (nSPS) is 11.8. The highest BCUT2D eigenvalue weighted by Crippen LogP contribution is 2.29. The maximum atomic E-state index is 12.7. The number of carbonyl (C=O) groups excluding carboxylic acids is 1. The number of hydrogen-bond acceptors (Lipinski definition) is 5. The molecule has 0 aliphatic carbocycles. The van der Waals surface area contributed by atoms with Gasteiger partial charge in [0.05, 0.1) is 6.54 Å². The molecule has 0 saturated heterocycles. The zero-order chi connectivity index (χ0) is 16.6. The third-order valence-corrected chi connectivity index (χ3v) is 2.97. The van der Waals surface area contributed by atoms with E-state index in [1.807, 2.05) is 0 Å². The first-order chi connectivity index (χ1) is 10.8. The number of hydrogen-bond donors (Lipinski definition) is 1. The number of carbonyl (C=O) groups is 1. The highest BCUT2D eigenvalue weighted by molar-refractivity contribution is 5.92. The van der Waals surface area contributed by atoms with Crippen LogP contribution in [0.2, 0.25) is 0 Å². The van der Waals surface area contributed by atoms with Gasteiger partial charge in [-0.15, -0.1) is 5.10 Å². The van der Waals surface area contributed by atoms with Gasteiger partial charge in [0, 0.05) is 25.5 Å². The van der Waals surface area contributed by atoms with E-state index in [2.05, 4.69) is 25.5 Å². The summed E-state index contributed by atoms with van der Waals surface area (Å²) in [6.07, 6.45) is -1.40. The lowest BCUT2D eigenvalue weighted by Gasteiger charge is -2.04. The van der Waals surface area contributed by atoms with Crippen molar-refractivity contribution in [1.29, 1.82) is 0 Å². The summed E-state index contributed by atoms with van der Waals surface area (Å²) in [6, 6.07) is 2.35. The molecule has 0 saturated carbocycles. The number of aryl methyl sites for hydroxylation is 1. The summed E-state index contributed by atoms with van der Waals surface area (Å²) < 4.78 is 40.1. The van der Waals surface area contributed by atoms with E-state index in [0.717, 1.165) is 7.05 Å². The van der Waals surface area contributed by atoms with Gasteiger partial charge in [0.25, 0.3) is 11.7 Å². The van der Waals surface area contributed by atoms with Crippen LogP contribution < -0.4 is 5.32 Å². The lowest BCUT2D eigenvalue weighted by Crippen LogP contribution is -2.24. The molecule has 23 heavy (non-hydrogen) atoms. The number of amides is 1. The van der Waals surface area contributed by atoms with Crippen LogP contribution in [0.25, 0.3) is 5.78 Å². The summed E-state index contributed by atoms with van der Waals surface area (Å²) in [7, 11) is 1.12. The van der Waals surface area contributed by atoms with E-state index in [1.54, 1.807) is 18.5 Å². The van der Waals surface area contributed by atoms with E-state index in [4.69, 9.17) is 0 Å². The lowest BCUT2D eigenvalue weighted by molar-refractivity contribution is -0.143. The van der Waals surface area contributed by atoms with Crippen LogP contribution in [-0.4, -0.2) is 35.3 Å². The van der Waals surface area contributed by atoms with Gasteiger partial charge in [-0.1, -0.05) is 0 Å². The second-order valence-corrected chi connectivity index (χ2v) is 4.61. The monoisotopic (exact) mass is 325 g/mol. The lowest BCUT2D eigenvalue weighted by atomic mass is 10.3. The Hall–Kier alpha value is -2.98. The third kappa shape index (κ3) is 2.98. The molecule has 0 aliphatic rings. The zero-order valence-corrected chi connectivity index (χ0v) is 11.7. The van der Waals surface area contributed by atoms with Crippen LogP contribution in [-0.2, 0) is 19.8 Å². The maximum Gasteiger partial charge on any atom is 0.433 e. The summed E-state index contributed by atoms with van der Waals surface area (Å²) in [5.74, 6) is -0.110. The molecule has 120 valence electrons. The second kappa shape index (κ2) is 5.34. The number of nitrogens with one attached hydrogen (secondary N) is 1. The minimum Gasteiger partial charge on any atom is -0.343 e. The molecule has 0 aliphatic heterocycles. The minimum absolute atomic E-state index is 0.0554. The van der Waals surface area contributed by atoms with Gasteiger partial charge in [0.1, 0.15) is 5.69 Å². The van der Waals surface area contributed by atoms with Crippen molar-refractivity contribution in [3.05, 3.63) is 41.7 Å². The fourth-order valence-corrected chi connectivity index (χ4v) is 1.94. The van der Waals surface area contributed by atoms with Crippen LogP contribution >= 0.6 is 0 Å². The van der Waals surface area contributed by atoms with Crippen molar-refractivity contribution < 1.29 is 18.0 Å². The number of aromatic nitrogens is 6. The molecular weight excluding hydrogens is 315 g/mol. The summed E-state index contributed by atoms with van der Waals surface area (Å²) in [5, 5.41) is 10.0. The molecule has 0 atom stereocenters. The summed E-state index contributed by atoms with van der Waals surface area (Å²) in [4.78, 5) is 19.9. The molecule has 0 aromatic carbocycles. The predicted molar refractivity (Wildman–Crippen MR) is 70.2 cm³/mol. The first-order valence-electron chi connectivity index (χ1n) is 6.40. The van der Waals surface area contributed by atoms with Gasteiger partial charge < -0.3 is 5.32 Å². The van der Waals surface area contributed by atoms with E-state index >= 15 is 0 Å². The second-order valence-electron chi connectivity index (χ2n) is 4.61. The van der Waals surface area contributed by atoms with Crippen molar-refractivity contribution in [2.75, 3.05) is 0 Å². The summed E-state index contributed by atoms with van der Waals surface area (Å²) >= 11 is 0. The Morgan fingerprint density at radius 1 is 1.35 bits per heavy atom. The molecule has 3 aromatic heterocycles. The Kier molecular flexibility index (Phi) is 3.47. The average Bonchev–Trinajstić information content (AvgIpc) is 3.07. The van der Waals surface area contributed by atoms with Gasteiger partial charge in [0.15, 0.2) is 11.5 Å². The highest BCUT2D eigenvalue weighted by Gasteiger charge is 2.35. The van der Waals surface area contributed by atoms with E-state index in [1.165, 1.54) is 4.52 Å². The number of nitrogens with zero attached hydrogens (tertiary/aromatic N) is 6. The number of fused-ring (bicyclic) bond motifs is 1. The molecule has 3 aromatic rings. The molecule has 3 heterocycles. The van der Waals surface area contributed by atoms with Gasteiger partial charge in [-0.25, -0.2) is 9.50 Å². The first kappa shape index (κ1) is 14.9. The van der Waals surface area contributed by atoms with E-state index in [0.29, 0.717) is 16.5 Å². The predicted octanol–water partition coefficient (Wildman–Crippen LogP) is 0.807. The van der Waals surface area contributed by atoms with Gasteiger partial charge in [-0.05, 0) is 6.07 Å². The molecule has 3 rings (SSSR count). The Morgan fingerprint density at radius 2 is 2.13 bits per heavy atom. The van der Waals surface area contributed by atoms with E-state index < -0.39 is 17.8 Å². The van der Waals surface area contributed by atoms with Crippen LogP contribution in [0, 0.1) is 0 Å². The Balaban J connectivity index is 1.72. The van der Waals surface area contributed by atoms with Crippen LogP contribution in [0.5, 0.6) is 0 Å². The van der Waals surface area contributed by atoms with Crippen molar-refractivity contribution in [3.8, 4) is 0 Å². The molecule has 0 fully saturated rings. The third-order valence-electron chi connectivity index (χ3n) is 2.97. The Bertz CT molecular complexity index is 834. The van der Waals surface area contributed by atoms with Crippen LogP contribution in [0.3, 0.4) is 0 Å². The highest BCUT2D eigenvalue weighted by atomic mass is 19.4. The van der Waals surface area contributed by atoms with Crippen molar-refractivity contribution >= 4 is 11.7 Å². The topological polar surface area (TPSA) is 90.0 Å². The molecular formula is C12H10F3N7O. The van der Waals surface area contributed by atoms with Gasteiger partial charge in [-0.2, -0.15) is 23.3 Å². The Morgan fingerprint density at radius 3 is 2.78 bits per heavy atom. The summed E-state index contributed by atoms with van der Waals surface area (Å²) in [6.45, 7) is -0.0554. The van der Waals surface area contributed by atoms with E-state index in [-0.39, 0.29) is 18.1 Å². The van der Waals surface area contributed by atoms with Crippen molar-refractivity contribution in [2.24, 2.45) is 7.05 Å². The average molecular weight is 325 g/mol. The quantitative estimate of drug-likeness (QED) is 0.769. The van der Waals surface area contributed by atoms with Gasteiger partial charge >= 0.3 is 6.18 Å². The summed E-state index contributed by atoms with van der Waals surface area (Å²) in [5.41, 5.74) is -1.33. The fraction of sp³-hybridized carbons (Fsp3) is 0.250. The van der Waals surface area contributed by atoms with Gasteiger partial charge in [-0.3, -0.25) is 9.48 Å². The molecule has 0 bridgehead atoms. The standard InChI is InChI=1S/C12H10F3N7O/c1-21-8(12(13,14)15)5-7(19-21)10(23)17-6-9-18-11-16-3-2-4-22(11)20-9/h2-5H,6H2,1H3,(H,17,23). The largest absolute Gasteiger partial charge is 0.433 e. The molecule has 0 radical (unpaired) electrons.